The van der Waals surface area contributed by atoms with Gasteiger partial charge in [-0.1, -0.05) is 48.5 Å². The minimum absolute atomic E-state index is 0.109. The van der Waals surface area contributed by atoms with Gasteiger partial charge in [0.05, 0.1) is 12.4 Å². The lowest BCUT2D eigenvalue weighted by Crippen LogP contribution is -2.32. The average molecular weight is 658 g/mol. The van der Waals surface area contributed by atoms with Crippen LogP contribution in [0, 0.1) is 0 Å². The number of benzene rings is 4. The number of nitrogens with one attached hydrogen (secondary N) is 1. The summed E-state index contributed by atoms with van der Waals surface area (Å²) in [5.41, 5.74) is 1.28. The van der Waals surface area contributed by atoms with E-state index in [4.69, 9.17) is 26.1 Å². The van der Waals surface area contributed by atoms with E-state index in [-0.39, 0.29) is 17.4 Å². The Morgan fingerprint density at radius 2 is 1.59 bits per heavy atom. The summed E-state index contributed by atoms with van der Waals surface area (Å²) in [6, 6.07) is 18.4. The molecule has 1 saturated heterocycles. The van der Waals surface area contributed by atoms with Gasteiger partial charge in [0.1, 0.15) is 18.1 Å². The average Bonchev–Trinajstić information content (AvgIpc) is 3.50. The molecule has 13 nitrogen and oxygen atoms in total. The van der Waals surface area contributed by atoms with Crippen molar-refractivity contribution in [3.8, 4) is 0 Å². The Labute approximate surface area is 254 Å². The third-order valence-corrected chi connectivity index (χ3v) is 12.3. The predicted octanol–water partition coefficient (Wildman–Crippen LogP) is 4.54. The van der Waals surface area contributed by atoms with Crippen molar-refractivity contribution in [1.82, 2.24) is 19.5 Å². The molecule has 5 atom stereocenters. The summed E-state index contributed by atoms with van der Waals surface area (Å²) in [5, 5.41) is 31.3. The highest BCUT2D eigenvalue weighted by atomic mass is 35.5. The molecule has 16 heteroatoms. The second-order valence-corrected chi connectivity index (χ2v) is 15.9. The molecule has 6 N–H and O–H groups in total. The number of hydrogen-bond acceptors (Lipinski definition) is 9. The van der Waals surface area contributed by atoms with E-state index < -0.39 is 51.6 Å². The van der Waals surface area contributed by atoms with Crippen LogP contribution in [-0.4, -0.2) is 74.8 Å². The molecule has 0 aliphatic carbocycles. The number of aliphatic hydroxyl groups excluding tert-OH is 2. The molecule has 2 aromatic heterocycles. The van der Waals surface area contributed by atoms with Gasteiger partial charge in [-0.25, -0.2) is 4.98 Å². The predicted molar refractivity (Wildman–Crippen MR) is 166 cm³/mol. The summed E-state index contributed by atoms with van der Waals surface area (Å²) in [6.45, 7) is 0. The number of rotatable bonds is 8. The highest BCUT2D eigenvalue weighted by molar-refractivity contribution is 7.72. The fraction of sp³-hybridized carbons (Fsp3) is 0.250. The Morgan fingerprint density at radius 1 is 0.909 bits per heavy atom. The van der Waals surface area contributed by atoms with Gasteiger partial charge in [0.15, 0.2) is 23.2 Å². The smallest absolute Gasteiger partial charge is 0.335 e. The Morgan fingerprint density at radius 3 is 2.32 bits per heavy atom. The molecule has 1 fully saturated rings. The minimum atomic E-state index is -4.73. The summed E-state index contributed by atoms with van der Waals surface area (Å²) < 4.78 is 30.7. The third kappa shape index (κ3) is 5.24. The van der Waals surface area contributed by atoms with Gasteiger partial charge in [-0.2, -0.15) is 9.97 Å². The van der Waals surface area contributed by atoms with E-state index in [1.807, 2.05) is 24.3 Å². The Balaban J connectivity index is 1.21. The lowest BCUT2D eigenvalue weighted by atomic mass is 9.93. The summed E-state index contributed by atoms with van der Waals surface area (Å²) >= 11 is 6.34. The molecule has 44 heavy (non-hydrogen) atoms. The zero-order valence-electron chi connectivity index (χ0n) is 22.7. The number of hydrogen-bond donors (Lipinski definition) is 6. The van der Waals surface area contributed by atoms with Gasteiger partial charge in [0, 0.05) is 17.2 Å². The van der Waals surface area contributed by atoms with Crippen LogP contribution in [0.5, 0.6) is 0 Å². The maximum absolute atomic E-state index is 12.3. The van der Waals surface area contributed by atoms with Crippen LogP contribution >= 0.6 is 26.6 Å². The van der Waals surface area contributed by atoms with Crippen molar-refractivity contribution in [3.05, 3.63) is 66.2 Å². The van der Waals surface area contributed by atoms with E-state index in [0.29, 0.717) is 11.3 Å². The van der Waals surface area contributed by atoms with Gasteiger partial charge < -0.3 is 34.9 Å². The zero-order valence-corrected chi connectivity index (χ0v) is 25.3. The zero-order chi connectivity index (χ0) is 31.0. The first-order valence-corrected chi connectivity index (χ1v) is 17.8. The van der Waals surface area contributed by atoms with E-state index in [0.717, 1.165) is 38.0 Å². The van der Waals surface area contributed by atoms with Crippen molar-refractivity contribution in [2.24, 2.45) is 0 Å². The Kier molecular flexibility index (Phi) is 7.17. The molecule has 1 aliphatic rings. The number of halogens is 1. The number of nitrogens with zero attached hydrogens (tertiary/aromatic N) is 4. The molecule has 0 spiro atoms. The van der Waals surface area contributed by atoms with Gasteiger partial charge in [-0.3, -0.25) is 13.7 Å². The highest BCUT2D eigenvalue weighted by Gasteiger charge is 2.45. The molecule has 4 aromatic carbocycles. The number of ether oxygens (including phenoxy) is 1. The lowest BCUT2D eigenvalue weighted by molar-refractivity contribution is -0.0354. The monoisotopic (exact) mass is 657 g/mol. The maximum atomic E-state index is 12.3. The molecule has 0 amide bonds. The molecule has 2 unspecified atom stereocenters. The van der Waals surface area contributed by atoms with Gasteiger partial charge >= 0.3 is 7.60 Å². The molecule has 0 saturated carbocycles. The lowest BCUT2D eigenvalue weighted by Gasteiger charge is -2.18. The second kappa shape index (κ2) is 10.7. The van der Waals surface area contributed by atoms with Crippen molar-refractivity contribution >= 4 is 81.6 Å². The largest absolute Gasteiger partial charge is 0.388 e. The number of imidazole rings is 1. The summed E-state index contributed by atoms with van der Waals surface area (Å²) in [4.78, 5) is 41.3. The molecular weight excluding hydrogens is 632 g/mol. The van der Waals surface area contributed by atoms with Crippen molar-refractivity contribution in [3.63, 3.8) is 0 Å². The molecule has 0 radical (unpaired) electrons. The molecule has 7 rings (SSSR count). The van der Waals surface area contributed by atoms with Gasteiger partial charge in [0.2, 0.25) is 12.7 Å². The first-order valence-electron chi connectivity index (χ1n) is 13.6. The van der Waals surface area contributed by atoms with Crippen LogP contribution in [0.25, 0.3) is 43.5 Å². The van der Waals surface area contributed by atoms with E-state index in [9.17, 15) is 24.2 Å². The van der Waals surface area contributed by atoms with Gasteiger partial charge in [-0.15, -0.1) is 0 Å². The fourth-order valence-electron chi connectivity index (χ4n) is 6.02. The van der Waals surface area contributed by atoms with Gasteiger partial charge in [-0.05, 0) is 51.0 Å². The van der Waals surface area contributed by atoms with E-state index in [1.54, 1.807) is 0 Å². The van der Waals surface area contributed by atoms with Crippen molar-refractivity contribution in [1.29, 1.82) is 0 Å². The molecule has 0 bridgehead atoms. The van der Waals surface area contributed by atoms with Crippen LogP contribution < -0.4 is 5.32 Å². The SMILES string of the molecule is O=P(O)(O)CP(=O)(O)CC[C@H]1O[C@@H](n2cnc3c(Nc4ccc5ccc6cccc7ccc4c5c67)nc(Cl)nc32)C(O)[C@H]1O. The second-order valence-electron chi connectivity index (χ2n) is 11.0. The van der Waals surface area contributed by atoms with E-state index in [2.05, 4.69) is 50.6 Å². The number of fused-ring (bicyclic) bond motifs is 1. The maximum Gasteiger partial charge on any atom is 0.335 e. The molecule has 3 heterocycles. The molecular formula is C28H26ClN5O8P2. The van der Waals surface area contributed by atoms with Crippen LogP contribution in [0.1, 0.15) is 12.6 Å². The first-order chi connectivity index (χ1) is 20.9. The number of anilines is 2. The van der Waals surface area contributed by atoms with Crippen LogP contribution in [-0.2, 0) is 13.9 Å². The molecule has 1 aliphatic heterocycles. The minimum Gasteiger partial charge on any atom is -0.388 e. The van der Waals surface area contributed by atoms with Crippen molar-refractivity contribution in [2.45, 2.75) is 31.0 Å². The first kappa shape index (κ1) is 29.5. The third-order valence-electron chi connectivity index (χ3n) is 7.96. The van der Waals surface area contributed by atoms with Crippen LogP contribution in [0.15, 0.2) is 60.9 Å². The van der Waals surface area contributed by atoms with Crippen molar-refractivity contribution < 1.29 is 38.8 Å². The standard InChI is InChI=1S/C28H26ClN5O8P2/c29-28-32-25(31-18-9-7-16-5-4-14-2-1-3-15-6-8-17(18)21(16)20(14)15)22-26(33-28)34(12-30-22)27-24(36)23(35)19(42-27)10-11-43(37,38)13-44(39,40)41/h1-9,12,19,23-24,27,35-36H,10-11,13H2,(H,37,38)(H,31,32,33)(H2,39,40,41)/t19-,23+,24?,27-/m1/s1. The van der Waals surface area contributed by atoms with Crippen LogP contribution in [0.3, 0.4) is 0 Å². The molecule has 228 valence electrons. The molecule has 6 aromatic rings. The quantitative estimate of drug-likeness (QED) is 0.0760. The topological polar surface area (TPSA) is 200 Å². The Hall–Kier alpha value is -3.22. The van der Waals surface area contributed by atoms with Crippen LogP contribution in [0.4, 0.5) is 11.5 Å². The normalized spacial score (nSPS) is 22.4. The highest BCUT2D eigenvalue weighted by Crippen LogP contribution is 2.55. The Bertz CT molecular complexity index is 2140. The van der Waals surface area contributed by atoms with Gasteiger partial charge in [0.25, 0.3) is 0 Å². The summed E-state index contributed by atoms with van der Waals surface area (Å²) in [6.07, 6.45) is -4.61. The van der Waals surface area contributed by atoms with Crippen molar-refractivity contribution in [2.75, 3.05) is 17.4 Å². The fourth-order valence-corrected chi connectivity index (χ4v) is 9.71. The van der Waals surface area contributed by atoms with Crippen LogP contribution in [0.2, 0.25) is 5.28 Å². The summed E-state index contributed by atoms with van der Waals surface area (Å²) in [7, 11) is -8.95. The number of aromatic nitrogens is 4. The van der Waals surface area contributed by atoms with E-state index in [1.165, 1.54) is 10.9 Å². The summed E-state index contributed by atoms with van der Waals surface area (Å²) in [5.74, 6) is -0.879. The van der Waals surface area contributed by atoms with E-state index >= 15 is 0 Å². The number of aliphatic hydroxyl groups is 2.